The predicted octanol–water partition coefficient (Wildman–Crippen LogP) is 5.41. The first-order valence-electron chi connectivity index (χ1n) is 11.0. The van der Waals surface area contributed by atoms with Gasteiger partial charge in [-0.1, -0.05) is 24.3 Å². The summed E-state index contributed by atoms with van der Waals surface area (Å²) in [5.74, 6) is -2.48. The number of halogens is 3. The van der Waals surface area contributed by atoms with Gasteiger partial charge >= 0.3 is 0 Å². The lowest BCUT2D eigenvalue weighted by Gasteiger charge is -2.10. The lowest BCUT2D eigenvalue weighted by Crippen LogP contribution is -2.32. The fraction of sp³-hybridized carbons (Fsp3) is 0.0741. The number of pyridine rings is 2. The van der Waals surface area contributed by atoms with Crippen LogP contribution in [0, 0.1) is 11.6 Å². The molecule has 180 valence electrons. The van der Waals surface area contributed by atoms with E-state index in [4.69, 9.17) is 0 Å². The van der Waals surface area contributed by atoms with Crippen LogP contribution in [-0.2, 0) is 13.1 Å². The van der Waals surface area contributed by atoms with E-state index in [9.17, 15) is 18.4 Å². The lowest BCUT2D eigenvalue weighted by atomic mass is 10.0. The van der Waals surface area contributed by atoms with Gasteiger partial charge in [0.25, 0.3) is 11.5 Å². The van der Waals surface area contributed by atoms with E-state index in [0.29, 0.717) is 5.56 Å². The number of carbonyl (C=O) groups excluding carboxylic acids is 1. The first-order chi connectivity index (χ1) is 17.4. The van der Waals surface area contributed by atoms with Gasteiger partial charge in [0.1, 0.15) is 11.2 Å². The summed E-state index contributed by atoms with van der Waals surface area (Å²) < 4.78 is 28.9. The second kappa shape index (κ2) is 9.87. The number of hydrogen-bond donors (Lipinski definition) is 2. The van der Waals surface area contributed by atoms with Gasteiger partial charge in [-0.2, -0.15) is 0 Å². The molecular formula is C27H19BrF2N4O2. The van der Waals surface area contributed by atoms with Gasteiger partial charge in [0, 0.05) is 40.6 Å². The molecule has 5 aromatic rings. The van der Waals surface area contributed by atoms with Crippen LogP contribution in [0.25, 0.3) is 22.2 Å². The molecule has 9 heteroatoms. The summed E-state index contributed by atoms with van der Waals surface area (Å²) in [7, 11) is 0. The maximum atomic E-state index is 13.5. The minimum atomic E-state index is -0.992. The van der Waals surface area contributed by atoms with Crippen LogP contribution in [0.5, 0.6) is 0 Å². The van der Waals surface area contributed by atoms with Gasteiger partial charge in [-0.15, -0.1) is 0 Å². The minimum absolute atomic E-state index is 0.00872. The minimum Gasteiger partial charge on any atom is -0.348 e. The molecule has 0 saturated carbocycles. The Morgan fingerprint density at radius 3 is 2.72 bits per heavy atom. The number of H-pyrrole nitrogens is 1. The highest BCUT2D eigenvalue weighted by molar-refractivity contribution is 9.10. The molecule has 0 atom stereocenters. The van der Waals surface area contributed by atoms with Crippen LogP contribution in [0.1, 0.15) is 21.5 Å². The van der Waals surface area contributed by atoms with Crippen molar-refractivity contribution >= 4 is 32.9 Å². The highest BCUT2D eigenvalue weighted by Crippen LogP contribution is 2.30. The smallest absolute Gasteiger partial charge is 0.263 e. The molecule has 0 bridgehead atoms. The second-order valence-electron chi connectivity index (χ2n) is 8.24. The second-order valence-corrected chi connectivity index (χ2v) is 9.15. The summed E-state index contributed by atoms with van der Waals surface area (Å²) in [5.41, 5.74) is 3.42. The summed E-state index contributed by atoms with van der Waals surface area (Å²) in [4.78, 5) is 33.2. The Kier molecular flexibility index (Phi) is 6.47. The van der Waals surface area contributed by atoms with Gasteiger partial charge in [-0.3, -0.25) is 9.59 Å². The van der Waals surface area contributed by atoms with Crippen LogP contribution < -0.4 is 10.9 Å². The standard InChI is InChI=1S/C27H19BrF2N4O2/c28-19-11-21-22(14-32-25(21)31-13-19)18-4-1-3-16(9-18)12-33-26(35)20-5-2-8-34(27(20)36)15-17-6-7-23(29)24(30)10-17/h1-11,13-14H,12,15H2,(H,31,32)(H,33,35). The van der Waals surface area contributed by atoms with Crippen molar-refractivity contribution in [2.75, 3.05) is 0 Å². The van der Waals surface area contributed by atoms with Crippen molar-refractivity contribution in [1.82, 2.24) is 19.9 Å². The quantitative estimate of drug-likeness (QED) is 0.297. The zero-order chi connectivity index (χ0) is 25.2. The van der Waals surface area contributed by atoms with Crippen molar-refractivity contribution in [3.05, 3.63) is 122 Å². The van der Waals surface area contributed by atoms with Crippen molar-refractivity contribution in [2.24, 2.45) is 0 Å². The van der Waals surface area contributed by atoms with E-state index in [-0.39, 0.29) is 18.7 Å². The number of amides is 1. The number of aromatic nitrogens is 3. The number of nitrogens with zero attached hydrogens (tertiary/aromatic N) is 2. The van der Waals surface area contributed by atoms with Gasteiger partial charge in [-0.05, 0) is 69.0 Å². The fourth-order valence-corrected chi connectivity index (χ4v) is 4.34. The molecule has 5 rings (SSSR count). The fourth-order valence-electron chi connectivity index (χ4n) is 4.01. The molecule has 36 heavy (non-hydrogen) atoms. The van der Waals surface area contributed by atoms with Crippen LogP contribution in [0.4, 0.5) is 8.78 Å². The molecule has 0 unspecified atom stereocenters. The van der Waals surface area contributed by atoms with Gasteiger partial charge in [0.15, 0.2) is 11.6 Å². The topological polar surface area (TPSA) is 79.8 Å². The first kappa shape index (κ1) is 23.6. The number of fused-ring (bicyclic) bond motifs is 1. The van der Waals surface area contributed by atoms with Crippen LogP contribution in [0.2, 0.25) is 0 Å². The maximum Gasteiger partial charge on any atom is 0.263 e. The molecule has 0 aliphatic heterocycles. The Labute approximate surface area is 212 Å². The normalized spacial score (nSPS) is 11.1. The van der Waals surface area contributed by atoms with Crippen molar-refractivity contribution < 1.29 is 13.6 Å². The highest BCUT2D eigenvalue weighted by Gasteiger charge is 2.14. The Hall–Kier alpha value is -4.11. The zero-order valence-corrected chi connectivity index (χ0v) is 20.4. The summed E-state index contributed by atoms with van der Waals surface area (Å²) in [5, 5.41) is 3.76. The van der Waals surface area contributed by atoms with Crippen LogP contribution in [0.3, 0.4) is 0 Å². The number of hydrogen-bond acceptors (Lipinski definition) is 3. The monoisotopic (exact) mass is 548 g/mol. The van der Waals surface area contributed by atoms with E-state index < -0.39 is 23.1 Å². The molecule has 2 aromatic carbocycles. The number of carbonyl (C=O) groups is 1. The highest BCUT2D eigenvalue weighted by atomic mass is 79.9. The number of rotatable bonds is 6. The molecule has 2 N–H and O–H groups in total. The maximum absolute atomic E-state index is 13.5. The molecule has 0 aliphatic carbocycles. The molecule has 0 spiro atoms. The third-order valence-corrected chi connectivity index (χ3v) is 6.22. The lowest BCUT2D eigenvalue weighted by molar-refractivity contribution is 0.0949. The third kappa shape index (κ3) is 4.83. The molecular weight excluding hydrogens is 530 g/mol. The van der Waals surface area contributed by atoms with Crippen LogP contribution >= 0.6 is 15.9 Å². The summed E-state index contributed by atoms with van der Waals surface area (Å²) in [6.07, 6.45) is 5.11. The number of aromatic amines is 1. The molecule has 0 aliphatic rings. The third-order valence-electron chi connectivity index (χ3n) is 5.79. The van der Waals surface area contributed by atoms with Gasteiger partial charge in [0.2, 0.25) is 0 Å². The van der Waals surface area contributed by atoms with Crippen molar-refractivity contribution in [2.45, 2.75) is 13.1 Å². The Bertz CT molecular complexity index is 1660. The SMILES string of the molecule is O=C(NCc1cccc(-c2c[nH]c3ncc(Br)cc23)c1)c1cccn(Cc2ccc(F)c(F)c2)c1=O. The van der Waals surface area contributed by atoms with E-state index in [2.05, 4.69) is 31.2 Å². The summed E-state index contributed by atoms with van der Waals surface area (Å²) in [6, 6.07) is 16.2. The molecule has 0 fully saturated rings. The molecule has 0 saturated heterocycles. The van der Waals surface area contributed by atoms with E-state index in [1.54, 1.807) is 12.3 Å². The van der Waals surface area contributed by atoms with Crippen molar-refractivity contribution in [3.8, 4) is 11.1 Å². The van der Waals surface area contributed by atoms with Gasteiger partial charge in [0.05, 0.1) is 6.54 Å². The summed E-state index contributed by atoms with van der Waals surface area (Å²) >= 11 is 3.45. The van der Waals surface area contributed by atoms with E-state index in [0.717, 1.165) is 44.3 Å². The summed E-state index contributed by atoms with van der Waals surface area (Å²) in [6.45, 7) is 0.225. The van der Waals surface area contributed by atoms with E-state index in [1.165, 1.54) is 22.9 Å². The van der Waals surface area contributed by atoms with Crippen molar-refractivity contribution in [1.29, 1.82) is 0 Å². The van der Waals surface area contributed by atoms with E-state index >= 15 is 0 Å². The predicted molar refractivity (Wildman–Crippen MR) is 137 cm³/mol. The van der Waals surface area contributed by atoms with Gasteiger partial charge < -0.3 is 14.9 Å². The molecule has 0 radical (unpaired) electrons. The molecule has 1 amide bonds. The molecule has 3 heterocycles. The number of benzene rings is 2. The van der Waals surface area contributed by atoms with Crippen LogP contribution in [-0.4, -0.2) is 20.4 Å². The largest absolute Gasteiger partial charge is 0.348 e. The average Bonchev–Trinajstić information content (AvgIpc) is 3.29. The molecule has 3 aromatic heterocycles. The van der Waals surface area contributed by atoms with Crippen LogP contribution in [0.15, 0.2) is 88.5 Å². The average molecular weight is 549 g/mol. The Morgan fingerprint density at radius 2 is 1.89 bits per heavy atom. The molecule has 6 nitrogen and oxygen atoms in total. The Morgan fingerprint density at radius 1 is 1.03 bits per heavy atom. The van der Waals surface area contributed by atoms with Gasteiger partial charge in [-0.25, -0.2) is 13.8 Å². The Balaban J connectivity index is 1.32. The first-order valence-corrected chi connectivity index (χ1v) is 11.8. The van der Waals surface area contributed by atoms with E-state index in [1.807, 2.05) is 36.5 Å². The number of nitrogens with one attached hydrogen (secondary N) is 2. The zero-order valence-electron chi connectivity index (χ0n) is 18.8. The van der Waals surface area contributed by atoms with Crippen molar-refractivity contribution in [3.63, 3.8) is 0 Å².